The summed E-state index contributed by atoms with van der Waals surface area (Å²) in [6.45, 7) is 14.9. The number of aromatic nitrogens is 6. The van der Waals surface area contributed by atoms with Crippen molar-refractivity contribution in [2.75, 3.05) is 0 Å². The van der Waals surface area contributed by atoms with Gasteiger partial charge >= 0.3 is 11.4 Å². The van der Waals surface area contributed by atoms with E-state index in [1.165, 1.54) is 0 Å². The molecular weight excluding hydrogens is 582 g/mol. The minimum atomic E-state index is -2.22. The van der Waals surface area contributed by atoms with Gasteiger partial charge in [-0.1, -0.05) is 18.1 Å². The van der Waals surface area contributed by atoms with Crippen molar-refractivity contribution in [2.45, 2.75) is 6.92 Å². The highest BCUT2D eigenvalue weighted by molar-refractivity contribution is 5.76. The monoisotopic (exact) mass is 585 g/mol. The van der Waals surface area contributed by atoms with Gasteiger partial charge < -0.3 is 14.1 Å². The van der Waals surface area contributed by atoms with Crippen LogP contribution in [0.15, 0.2) is 4.42 Å². The molecule has 0 radical (unpaired) electrons. The SMILES string of the molecule is [C-]#[N+]c1nc2nc(-c3nc(-c4c(F)c(F)c(C)c(F)c4F)nc(-c4c(F)c(F)c(C#N)c(F)c4F)n3)oc2nc1[N+]#[C-]. The van der Waals surface area contributed by atoms with Gasteiger partial charge in [-0.3, -0.25) is 0 Å². The van der Waals surface area contributed by atoms with Crippen LogP contribution < -0.4 is 0 Å². The first-order valence-corrected chi connectivity index (χ1v) is 10.7. The first kappa shape index (κ1) is 27.5. The summed E-state index contributed by atoms with van der Waals surface area (Å²) in [6.07, 6.45) is 0. The highest BCUT2D eigenvalue weighted by atomic mass is 19.2. The van der Waals surface area contributed by atoms with E-state index in [1.807, 2.05) is 0 Å². The van der Waals surface area contributed by atoms with E-state index in [4.69, 9.17) is 22.8 Å². The second-order valence-corrected chi connectivity index (χ2v) is 7.92. The molecule has 10 nitrogen and oxygen atoms in total. The number of rotatable bonds is 3. The maximum Gasteiger partial charge on any atom is 0.387 e. The molecule has 0 N–H and O–H groups in total. The van der Waals surface area contributed by atoms with E-state index in [1.54, 1.807) is 0 Å². The van der Waals surface area contributed by atoms with Gasteiger partial charge in [-0.25, -0.2) is 50.1 Å². The number of benzene rings is 2. The lowest BCUT2D eigenvalue weighted by Gasteiger charge is -2.12. The van der Waals surface area contributed by atoms with Crippen molar-refractivity contribution >= 4 is 23.0 Å². The van der Waals surface area contributed by atoms with E-state index in [9.17, 15) is 35.1 Å². The molecule has 0 aliphatic heterocycles. The molecule has 42 heavy (non-hydrogen) atoms. The Morgan fingerprint density at radius 3 is 1.55 bits per heavy atom. The Morgan fingerprint density at radius 1 is 0.619 bits per heavy atom. The number of halogens is 8. The van der Waals surface area contributed by atoms with Crippen LogP contribution in [0, 0.1) is 77.9 Å². The van der Waals surface area contributed by atoms with Gasteiger partial charge in [-0.2, -0.15) is 10.2 Å². The molecule has 5 aromatic rings. The van der Waals surface area contributed by atoms with Crippen molar-refractivity contribution < 1.29 is 39.5 Å². The predicted molar refractivity (Wildman–Crippen MR) is 121 cm³/mol. The molecule has 0 saturated heterocycles. The molecule has 0 bridgehead atoms. The number of hydrogen-bond donors (Lipinski definition) is 0. The fourth-order valence-corrected chi connectivity index (χ4v) is 3.55. The first-order valence-electron chi connectivity index (χ1n) is 10.7. The van der Waals surface area contributed by atoms with Gasteiger partial charge in [0.15, 0.2) is 58.2 Å². The minimum absolute atomic E-state index is 0.454. The van der Waals surface area contributed by atoms with E-state index in [-0.39, 0.29) is 0 Å². The lowest BCUT2D eigenvalue weighted by atomic mass is 10.1. The third-order valence-corrected chi connectivity index (χ3v) is 5.56. The van der Waals surface area contributed by atoms with Crippen LogP contribution in [0.1, 0.15) is 11.1 Å². The van der Waals surface area contributed by atoms with E-state index in [0.717, 1.165) is 6.07 Å². The molecule has 5 rings (SSSR count). The topological polar surface area (TPSA) is 123 Å². The largest absolute Gasteiger partial charge is 0.394 e. The number of hydrogen-bond acceptors (Lipinski definition) is 8. The van der Waals surface area contributed by atoms with Gasteiger partial charge in [0.2, 0.25) is 5.82 Å². The Labute approximate surface area is 226 Å². The Balaban J connectivity index is 1.88. The van der Waals surface area contributed by atoms with Crippen LogP contribution in [0.3, 0.4) is 0 Å². The van der Waals surface area contributed by atoms with Crippen LogP contribution in [-0.2, 0) is 0 Å². The number of nitrogens with zero attached hydrogens (tertiary/aromatic N) is 9. The highest BCUT2D eigenvalue weighted by Crippen LogP contribution is 2.36. The smallest absolute Gasteiger partial charge is 0.387 e. The maximum absolute atomic E-state index is 14.9. The lowest BCUT2D eigenvalue weighted by molar-refractivity contribution is 0.448. The molecule has 0 aliphatic carbocycles. The molecule has 18 heteroatoms. The summed E-state index contributed by atoms with van der Waals surface area (Å²) < 4.78 is 122. The Kier molecular flexibility index (Phi) is 6.43. The average Bonchev–Trinajstić information content (AvgIpc) is 3.41. The third kappa shape index (κ3) is 3.99. The quantitative estimate of drug-likeness (QED) is 0.139. The van der Waals surface area contributed by atoms with E-state index < -0.39 is 115 Å². The molecule has 0 fully saturated rings. The Morgan fingerprint density at radius 2 is 1.07 bits per heavy atom. The molecule has 0 unspecified atom stereocenters. The molecule has 206 valence electrons. The van der Waals surface area contributed by atoms with Crippen LogP contribution in [0.4, 0.5) is 46.8 Å². The summed E-state index contributed by atoms with van der Waals surface area (Å²) in [6, 6.07) is 0.918. The van der Waals surface area contributed by atoms with Crippen LogP contribution in [-0.4, -0.2) is 29.9 Å². The average molecular weight is 585 g/mol. The third-order valence-electron chi connectivity index (χ3n) is 5.56. The molecule has 0 spiro atoms. The van der Waals surface area contributed by atoms with Crippen LogP contribution in [0.25, 0.3) is 55.5 Å². The van der Waals surface area contributed by atoms with Gasteiger partial charge in [0.05, 0.1) is 11.1 Å². The van der Waals surface area contributed by atoms with Gasteiger partial charge in [-0.05, 0) is 6.92 Å². The fraction of sp³-hybridized carbons (Fsp3) is 0.0417. The summed E-state index contributed by atoms with van der Waals surface area (Å²) in [5.41, 5.74) is -7.05. The van der Waals surface area contributed by atoms with Gasteiger partial charge in [0, 0.05) is 5.56 Å². The molecular formula is C24H3F8N9O. The van der Waals surface area contributed by atoms with Crippen molar-refractivity contribution in [2.24, 2.45) is 0 Å². The molecule has 0 saturated carbocycles. The Hall–Kier alpha value is -6.09. The zero-order chi connectivity index (χ0) is 30.6. The first-order chi connectivity index (χ1) is 19.9. The molecule has 0 amide bonds. The lowest BCUT2D eigenvalue weighted by Crippen LogP contribution is -2.10. The normalized spacial score (nSPS) is 10.9. The molecule has 0 aliphatic rings. The summed E-state index contributed by atoms with van der Waals surface area (Å²) in [7, 11) is 0. The number of nitriles is 1. The van der Waals surface area contributed by atoms with Crippen molar-refractivity contribution in [3.05, 3.63) is 80.5 Å². The van der Waals surface area contributed by atoms with Crippen molar-refractivity contribution in [1.29, 1.82) is 5.26 Å². The zero-order valence-electron chi connectivity index (χ0n) is 20.0. The second kappa shape index (κ2) is 9.83. The fourth-order valence-electron chi connectivity index (χ4n) is 3.55. The maximum atomic E-state index is 14.9. The van der Waals surface area contributed by atoms with Crippen LogP contribution in [0.5, 0.6) is 0 Å². The van der Waals surface area contributed by atoms with Gasteiger partial charge in [0.25, 0.3) is 17.5 Å². The van der Waals surface area contributed by atoms with Crippen molar-refractivity contribution in [3.63, 3.8) is 0 Å². The summed E-state index contributed by atoms with van der Waals surface area (Å²) >= 11 is 0. The van der Waals surface area contributed by atoms with Crippen molar-refractivity contribution in [3.8, 4) is 40.6 Å². The highest BCUT2D eigenvalue weighted by Gasteiger charge is 2.32. The molecule has 0 atom stereocenters. The molecule has 3 heterocycles. The summed E-state index contributed by atoms with van der Waals surface area (Å²) in [5, 5.41) is 8.85. The zero-order valence-corrected chi connectivity index (χ0v) is 20.0. The van der Waals surface area contributed by atoms with E-state index in [0.29, 0.717) is 6.92 Å². The number of oxazole rings is 1. The van der Waals surface area contributed by atoms with Gasteiger partial charge in [-0.15, -0.1) is 4.98 Å². The number of fused-ring (bicyclic) bond motifs is 1. The van der Waals surface area contributed by atoms with Crippen LogP contribution in [0.2, 0.25) is 0 Å². The molecule has 2 aromatic carbocycles. The van der Waals surface area contributed by atoms with Crippen LogP contribution >= 0.6 is 0 Å². The minimum Gasteiger partial charge on any atom is -0.394 e. The van der Waals surface area contributed by atoms with Gasteiger partial charge in [0.1, 0.15) is 11.6 Å². The second-order valence-electron chi connectivity index (χ2n) is 7.92. The predicted octanol–water partition coefficient (Wildman–Crippen LogP) is 6.20. The standard InChI is InChI=1S/C24H3F8N9O/c1-5-9(25)13(29)7(14(30)10(5)26)17-36-18(8-15(31)11(27)6(4-33)12(28)16(8)32)38-21(37-17)23-41-22-24(42-23)40-20(35-3)19(34-2)39-22/h1H3. The Bertz CT molecular complexity index is 2040. The summed E-state index contributed by atoms with van der Waals surface area (Å²) in [4.78, 5) is 27.7. The molecule has 3 aromatic heterocycles. The van der Waals surface area contributed by atoms with E-state index in [2.05, 4.69) is 39.6 Å². The van der Waals surface area contributed by atoms with E-state index >= 15 is 0 Å². The van der Waals surface area contributed by atoms with Crippen molar-refractivity contribution in [1.82, 2.24) is 29.9 Å². The summed E-state index contributed by atoms with van der Waals surface area (Å²) in [5.74, 6) is -22.3.